The van der Waals surface area contributed by atoms with Gasteiger partial charge in [0.15, 0.2) is 0 Å². The third-order valence-electron chi connectivity index (χ3n) is 3.36. The SMILES string of the molecule is CCNC(Cc1ccc(OC)c(Br)c1)c1cccc(Br)c1. The van der Waals surface area contributed by atoms with Crippen molar-refractivity contribution < 1.29 is 4.74 Å². The minimum absolute atomic E-state index is 0.299. The Hall–Kier alpha value is -0.840. The van der Waals surface area contributed by atoms with Gasteiger partial charge in [0.05, 0.1) is 11.6 Å². The van der Waals surface area contributed by atoms with Gasteiger partial charge < -0.3 is 10.1 Å². The van der Waals surface area contributed by atoms with E-state index < -0.39 is 0 Å². The highest BCUT2D eigenvalue weighted by molar-refractivity contribution is 9.10. The van der Waals surface area contributed by atoms with E-state index in [1.165, 1.54) is 11.1 Å². The van der Waals surface area contributed by atoms with Crippen LogP contribution < -0.4 is 10.1 Å². The van der Waals surface area contributed by atoms with Crippen LogP contribution in [0.3, 0.4) is 0 Å². The quantitative estimate of drug-likeness (QED) is 0.711. The normalized spacial score (nSPS) is 12.2. The summed E-state index contributed by atoms with van der Waals surface area (Å²) in [6, 6.07) is 15.0. The maximum absolute atomic E-state index is 5.28. The summed E-state index contributed by atoms with van der Waals surface area (Å²) in [4.78, 5) is 0. The lowest BCUT2D eigenvalue weighted by molar-refractivity contribution is 0.412. The summed E-state index contributed by atoms with van der Waals surface area (Å²) < 4.78 is 7.39. The van der Waals surface area contributed by atoms with Crippen LogP contribution in [0.15, 0.2) is 51.4 Å². The van der Waals surface area contributed by atoms with Crippen LogP contribution in [0.1, 0.15) is 24.1 Å². The van der Waals surface area contributed by atoms with Crippen molar-refractivity contribution in [1.82, 2.24) is 5.32 Å². The van der Waals surface area contributed by atoms with E-state index in [0.29, 0.717) is 6.04 Å². The molecule has 2 aromatic rings. The van der Waals surface area contributed by atoms with E-state index in [1.54, 1.807) is 7.11 Å². The van der Waals surface area contributed by atoms with Gasteiger partial charge in [0.25, 0.3) is 0 Å². The standard InChI is InChI=1S/C17H19Br2NO/c1-3-20-16(13-5-4-6-14(18)11-13)10-12-7-8-17(21-2)15(19)9-12/h4-9,11,16,20H,3,10H2,1-2H3. The number of ether oxygens (including phenoxy) is 1. The topological polar surface area (TPSA) is 21.3 Å². The summed E-state index contributed by atoms with van der Waals surface area (Å²) in [5.41, 5.74) is 2.56. The highest BCUT2D eigenvalue weighted by atomic mass is 79.9. The predicted molar refractivity (Wildman–Crippen MR) is 95.0 cm³/mol. The molecule has 0 aliphatic rings. The number of hydrogen-bond donors (Lipinski definition) is 1. The molecule has 0 saturated carbocycles. The monoisotopic (exact) mass is 411 g/mol. The molecule has 0 radical (unpaired) electrons. The van der Waals surface area contributed by atoms with Crippen molar-refractivity contribution in [2.45, 2.75) is 19.4 Å². The molecule has 0 spiro atoms. The molecule has 2 rings (SSSR count). The summed E-state index contributed by atoms with van der Waals surface area (Å²) in [6.07, 6.45) is 0.937. The minimum Gasteiger partial charge on any atom is -0.496 e. The van der Waals surface area contributed by atoms with Crippen LogP contribution in [-0.2, 0) is 6.42 Å². The number of rotatable bonds is 6. The fraction of sp³-hybridized carbons (Fsp3) is 0.294. The smallest absolute Gasteiger partial charge is 0.133 e. The second kappa shape index (κ2) is 7.97. The zero-order chi connectivity index (χ0) is 15.2. The molecule has 0 bridgehead atoms. The van der Waals surface area contributed by atoms with Crippen LogP contribution in [0.5, 0.6) is 5.75 Å². The molecule has 0 aliphatic carbocycles. The van der Waals surface area contributed by atoms with Crippen LogP contribution in [0.4, 0.5) is 0 Å². The molecule has 1 atom stereocenters. The second-order valence-corrected chi connectivity index (χ2v) is 6.61. The first-order valence-electron chi connectivity index (χ1n) is 6.95. The Bertz CT molecular complexity index is 601. The summed E-state index contributed by atoms with van der Waals surface area (Å²) >= 11 is 7.10. The highest BCUT2D eigenvalue weighted by Gasteiger charge is 2.12. The van der Waals surface area contributed by atoms with Gasteiger partial charge in [-0.15, -0.1) is 0 Å². The van der Waals surface area contributed by atoms with E-state index >= 15 is 0 Å². The van der Waals surface area contributed by atoms with Crippen LogP contribution >= 0.6 is 31.9 Å². The van der Waals surface area contributed by atoms with Gasteiger partial charge in [-0.1, -0.05) is 41.1 Å². The van der Waals surface area contributed by atoms with E-state index in [2.05, 4.69) is 80.5 Å². The van der Waals surface area contributed by atoms with Gasteiger partial charge in [-0.25, -0.2) is 0 Å². The van der Waals surface area contributed by atoms with Gasteiger partial charge in [-0.3, -0.25) is 0 Å². The Balaban J connectivity index is 2.22. The summed E-state index contributed by atoms with van der Waals surface area (Å²) in [5.74, 6) is 0.862. The van der Waals surface area contributed by atoms with Crippen LogP contribution in [-0.4, -0.2) is 13.7 Å². The van der Waals surface area contributed by atoms with Gasteiger partial charge in [0.2, 0.25) is 0 Å². The van der Waals surface area contributed by atoms with E-state index in [4.69, 9.17) is 4.74 Å². The molecule has 1 N–H and O–H groups in total. The molecule has 4 heteroatoms. The average Bonchev–Trinajstić information content (AvgIpc) is 2.47. The van der Waals surface area contributed by atoms with Gasteiger partial charge in [-0.2, -0.15) is 0 Å². The first kappa shape index (κ1) is 16.5. The van der Waals surface area contributed by atoms with Crippen molar-refractivity contribution in [3.8, 4) is 5.75 Å². The van der Waals surface area contributed by atoms with Gasteiger partial charge in [-0.05, 0) is 64.3 Å². The number of likely N-dealkylation sites (N-methyl/N-ethyl adjacent to an activating group) is 1. The van der Waals surface area contributed by atoms with Crippen molar-refractivity contribution in [2.24, 2.45) is 0 Å². The maximum atomic E-state index is 5.28. The second-order valence-electron chi connectivity index (χ2n) is 4.84. The van der Waals surface area contributed by atoms with E-state index in [9.17, 15) is 0 Å². The van der Waals surface area contributed by atoms with Gasteiger partial charge in [0, 0.05) is 10.5 Å². The fourth-order valence-electron chi connectivity index (χ4n) is 2.35. The molecule has 0 aromatic heterocycles. The molecular weight excluding hydrogens is 394 g/mol. The van der Waals surface area contributed by atoms with E-state index in [-0.39, 0.29) is 0 Å². The molecule has 0 heterocycles. The molecule has 0 amide bonds. The first-order chi connectivity index (χ1) is 10.1. The lowest BCUT2D eigenvalue weighted by Gasteiger charge is -2.19. The first-order valence-corrected chi connectivity index (χ1v) is 8.54. The van der Waals surface area contributed by atoms with Crippen LogP contribution in [0.2, 0.25) is 0 Å². The van der Waals surface area contributed by atoms with Gasteiger partial charge in [0.1, 0.15) is 5.75 Å². The number of nitrogens with one attached hydrogen (secondary N) is 1. The highest BCUT2D eigenvalue weighted by Crippen LogP contribution is 2.28. The third-order valence-corrected chi connectivity index (χ3v) is 4.47. The Morgan fingerprint density at radius 3 is 2.57 bits per heavy atom. The number of benzene rings is 2. The molecule has 21 heavy (non-hydrogen) atoms. The Labute approximate surface area is 143 Å². The molecule has 0 fully saturated rings. The summed E-state index contributed by atoms with van der Waals surface area (Å²) in [5, 5.41) is 3.56. The molecular formula is C17H19Br2NO. The minimum atomic E-state index is 0.299. The molecule has 1 unspecified atom stereocenters. The molecule has 0 aliphatic heterocycles. The fourth-order valence-corrected chi connectivity index (χ4v) is 3.36. The lowest BCUT2D eigenvalue weighted by Crippen LogP contribution is -2.23. The molecule has 2 aromatic carbocycles. The largest absolute Gasteiger partial charge is 0.496 e. The van der Waals surface area contributed by atoms with E-state index in [1.807, 2.05) is 6.07 Å². The van der Waals surface area contributed by atoms with Crippen molar-refractivity contribution in [3.05, 3.63) is 62.5 Å². The molecule has 2 nitrogen and oxygen atoms in total. The molecule has 0 saturated heterocycles. The Morgan fingerprint density at radius 1 is 1.14 bits per heavy atom. The van der Waals surface area contributed by atoms with Crippen LogP contribution in [0, 0.1) is 0 Å². The summed E-state index contributed by atoms with van der Waals surface area (Å²) in [6.45, 7) is 3.07. The van der Waals surface area contributed by atoms with Crippen molar-refractivity contribution in [2.75, 3.05) is 13.7 Å². The number of halogens is 2. The number of methoxy groups -OCH3 is 1. The van der Waals surface area contributed by atoms with Crippen molar-refractivity contribution in [3.63, 3.8) is 0 Å². The molecule has 112 valence electrons. The zero-order valence-corrected chi connectivity index (χ0v) is 15.4. The Kier molecular flexibility index (Phi) is 6.27. The average molecular weight is 413 g/mol. The number of hydrogen-bond acceptors (Lipinski definition) is 2. The third kappa shape index (κ3) is 4.56. The summed E-state index contributed by atoms with van der Waals surface area (Å²) in [7, 11) is 1.68. The van der Waals surface area contributed by atoms with Crippen molar-refractivity contribution in [1.29, 1.82) is 0 Å². The van der Waals surface area contributed by atoms with E-state index in [0.717, 1.165) is 27.7 Å². The van der Waals surface area contributed by atoms with Crippen molar-refractivity contribution >= 4 is 31.9 Å². The predicted octanol–water partition coefficient (Wildman–Crippen LogP) is 5.11. The maximum Gasteiger partial charge on any atom is 0.133 e. The van der Waals surface area contributed by atoms with Gasteiger partial charge >= 0.3 is 0 Å². The lowest BCUT2D eigenvalue weighted by atomic mass is 9.99. The Morgan fingerprint density at radius 2 is 1.95 bits per heavy atom. The zero-order valence-electron chi connectivity index (χ0n) is 12.2. The van der Waals surface area contributed by atoms with Crippen LogP contribution in [0.25, 0.3) is 0 Å².